The second-order valence-corrected chi connectivity index (χ2v) is 7.02. The second-order valence-electron chi connectivity index (χ2n) is 7.02. The normalized spacial score (nSPS) is 23.5. The third-order valence-electron chi connectivity index (χ3n) is 5.51. The van der Waals surface area contributed by atoms with Gasteiger partial charge in [-0.3, -0.25) is 4.79 Å². The maximum atomic E-state index is 12.6. The number of carbonyl (C=O) groups excluding carboxylic acids is 1. The summed E-state index contributed by atoms with van der Waals surface area (Å²) < 4.78 is 0. The summed E-state index contributed by atoms with van der Waals surface area (Å²) in [4.78, 5) is 16.8. The predicted octanol–water partition coefficient (Wildman–Crippen LogP) is 1.97. The predicted molar refractivity (Wildman–Crippen MR) is 89.3 cm³/mol. The first-order chi connectivity index (χ1) is 11.2. The summed E-state index contributed by atoms with van der Waals surface area (Å²) in [6.07, 6.45) is 10.6. The Morgan fingerprint density at radius 1 is 1.26 bits per heavy atom. The zero-order chi connectivity index (χ0) is 15.8. The number of carbonyl (C=O) groups is 1. The van der Waals surface area contributed by atoms with Crippen LogP contribution in [0.5, 0.6) is 0 Å². The highest BCUT2D eigenvalue weighted by Gasteiger charge is 2.35. The van der Waals surface area contributed by atoms with Crippen molar-refractivity contribution in [1.29, 1.82) is 0 Å². The van der Waals surface area contributed by atoms with Gasteiger partial charge in [0.1, 0.15) is 0 Å². The highest BCUT2D eigenvalue weighted by Crippen LogP contribution is 2.28. The van der Waals surface area contributed by atoms with Gasteiger partial charge in [-0.15, -0.1) is 5.10 Å². The van der Waals surface area contributed by atoms with E-state index in [-0.39, 0.29) is 5.92 Å². The molecule has 5 heteroatoms. The Balaban J connectivity index is 1.35. The zero-order valence-corrected chi connectivity index (χ0v) is 13.7. The molecule has 1 aliphatic heterocycles. The molecule has 0 N–H and O–H groups in total. The number of likely N-dealkylation sites (N-methyl/N-ethyl adjacent to an activating group) is 1. The van der Waals surface area contributed by atoms with Crippen LogP contribution in [-0.2, 0) is 17.6 Å². The summed E-state index contributed by atoms with van der Waals surface area (Å²) in [6.45, 7) is 1.75. The Labute approximate surface area is 137 Å². The van der Waals surface area contributed by atoms with E-state index in [9.17, 15) is 4.79 Å². The van der Waals surface area contributed by atoms with E-state index in [1.807, 2.05) is 11.9 Å². The van der Waals surface area contributed by atoms with Gasteiger partial charge in [0.05, 0.1) is 11.7 Å². The average Bonchev–Trinajstić information content (AvgIpc) is 3.01. The molecule has 4 rings (SSSR count). The molecule has 1 saturated heterocycles. The number of aromatic nitrogens is 2. The third-order valence-corrected chi connectivity index (χ3v) is 5.51. The molecule has 0 spiro atoms. The van der Waals surface area contributed by atoms with Crippen LogP contribution in [0.1, 0.15) is 36.9 Å². The van der Waals surface area contributed by atoms with Crippen LogP contribution < -0.4 is 4.90 Å². The molecule has 2 aliphatic carbocycles. The van der Waals surface area contributed by atoms with Gasteiger partial charge in [0, 0.05) is 26.1 Å². The fourth-order valence-electron chi connectivity index (χ4n) is 3.84. The van der Waals surface area contributed by atoms with Gasteiger partial charge in [-0.25, -0.2) is 0 Å². The summed E-state index contributed by atoms with van der Waals surface area (Å²) in [5.41, 5.74) is 2.53. The summed E-state index contributed by atoms with van der Waals surface area (Å²) in [5, 5.41) is 8.72. The first-order valence-electron chi connectivity index (χ1n) is 8.74. The highest BCUT2D eigenvalue weighted by molar-refractivity contribution is 5.79. The van der Waals surface area contributed by atoms with Crippen LogP contribution in [0.3, 0.4) is 0 Å². The maximum absolute atomic E-state index is 12.6. The number of anilines is 1. The highest BCUT2D eigenvalue weighted by atomic mass is 16.2. The minimum absolute atomic E-state index is 0.179. The third kappa shape index (κ3) is 2.73. The average molecular weight is 312 g/mol. The Hall–Kier alpha value is -1.91. The molecular weight excluding hydrogens is 288 g/mol. The monoisotopic (exact) mass is 312 g/mol. The molecule has 2 heterocycles. The first-order valence-corrected chi connectivity index (χ1v) is 8.74. The lowest BCUT2D eigenvalue weighted by molar-refractivity contribution is -0.137. The number of allylic oxidation sites excluding steroid dienone is 2. The van der Waals surface area contributed by atoms with Crippen LogP contribution in [0.25, 0.3) is 0 Å². The molecule has 122 valence electrons. The van der Waals surface area contributed by atoms with Gasteiger partial charge in [0.25, 0.3) is 0 Å². The molecular formula is C18H24N4O. The molecule has 0 aromatic carbocycles. The summed E-state index contributed by atoms with van der Waals surface area (Å²) in [7, 11) is 1.96. The van der Waals surface area contributed by atoms with Gasteiger partial charge in [0.2, 0.25) is 5.91 Å². The van der Waals surface area contributed by atoms with E-state index in [2.05, 4.69) is 33.3 Å². The molecule has 1 atom stereocenters. The quantitative estimate of drug-likeness (QED) is 0.801. The lowest BCUT2D eigenvalue weighted by Crippen LogP contribution is -2.61. The number of fused-ring (bicyclic) bond motifs is 1. The molecule has 5 nitrogen and oxygen atoms in total. The van der Waals surface area contributed by atoms with Crippen molar-refractivity contribution in [3.05, 3.63) is 29.5 Å². The largest absolute Gasteiger partial charge is 0.351 e. The van der Waals surface area contributed by atoms with Crippen molar-refractivity contribution in [2.75, 3.05) is 25.0 Å². The van der Waals surface area contributed by atoms with Crippen molar-refractivity contribution in [2.24, 2.45) is 5.92 Å². The molecule has 1 fully saturated rings. The Kier molecular flexibility index (Phi) is 3.79. The van der Waals surface area contributed by atoms with Crippen LogP contribution in [-0.4, -0.2) is 47.2 Å². The molecule has 0 bridgehead atoms. The van der Waals surface area contributed by atoms with E-state index in [4.69, 9.17) is 0 Å². The van der Waals surface area contributed by atoms with Gasteiger partial charge in [-0.05, 0) is 50.2 Å². The Morgan fingerprint density at radius 2 is 2.13 bits per heavy atom. The molecule has 1 amide bonds. The van der Waals surface area contributed by atoms with Crippen LogP contribution in [0, 0.1) is 5.92 Å². The maximum Gasteiger partial charge on any atom is 0.226 e. The van der Waals surface area contributed by atoms with E-state index in [0.717, 1.165) is 51.0 Å². The number of aryl methyl sites for hydroxylation is 2. The SMILES string of the molecule is CN(C(=O)C1CC=CCC1)C1CN(c2cc3c(nn2)CCC3)C1. The van der Waals surface area contributed by atoms with Crippen molar-refractivity contribution < 1.29 is 4.79 Å². The lowest BCUT2D eigenvalue weighted by Gasteiger charge is -2.45. The van der Waals surface area contributed by atoms with Crippen molar-refractivity contribution >= 4 is 11.7 Å². The summed E-state index contributed by atoms with van der Waals surface area (Å²) in [5.74, 6) is 1.46. The van der Waals surface area contributed by atoms with Crippen molar-refractivity contribution in [3.63, 3.8) is 0 Å². The van der Waals surface area contributed by atoms with Crippen LogP contribution in [0.15, 0.2) is 18.2 Å². The Morgan fingerprint density at radius 3 is 2.91 bits per heavy atom. The number of hydrogen-bond donors (Lipinski definition) is 0. The number of rotatable bonds is 3. The number of nitrogens with zero attached hydrogens (tertiary/aromatic N) is 4. The molecule has 3 aliphatic rings. The van der Waals surface area contributed by atoms with Crippen molar-refractivity contribution in [2.45, 2.75) is 44.6 Å². The summed E-state index contributed by atoms with van der Waals surface area (Å²) in [6, 6.07) is 2.50. The minimum Gasteiger partial charge on any atom is -0.351 e. The van der Waals surface area contributed by atoms with Crippen LogP contribution in [0.2, 0.25) is 0 Å². The molecule has 1 aromatic heterocycles. The van der Waals surface area contributed by atoms with Crippen molar-refractivity contribution in [1.82, 2.24) is 15.1 Å². The van der Waals surface area contributed by atoms with Gasteiger partial charge < -0.3 is 9.80 Å². The zero-order valence-electron chi connectivity index (χ0n) is 13.7. The Bertz CT molecular complexity index is 636. The van der Waals surface area contributed by atoms with Crippen molar-refractivity contribution in [3.8, 4) is 0 Å². The number of amides is 1. The van der Waals surface area contributed by atoms with Gasteiger partial charge in [-0.2, -0.15) is 5.10 Å². The molecule has 0 saturated carbocycles. The van der Waals surface area contributed by atoms with E-state index in [1.54, 1.807) is 0 Å². The topological polar surface area (TPSA) is 49.3 Å². The second kappa shape index (κ2) is 5.95. The summed E-state index contributed by atoms with van der Waals surface area (Å²) >= 11 is 0. The van der Waals surface area contributed by atoms with Crippen LogP contribution >= 0.6 is 0 Å². The van der Waals surface area contributed by atoms with E-state index in [0.29, 0.717) is 11.9 Å². The fourth-order valence-corrected chi connectivity index (χ4v) is 3.84. The first kappa shape index (κ1) is 14.7. The van der Waals surface area contributed by atoms with Gasteiger partial charge >= 0.3 is 0 Å². The van der Waals surface area contributed by atoms with E-state index >= 15 is 0 Å². The number of hydrogen-bond acceptors (Lipinski definition) is 4. The standard InChI is InChI=1S/C18H24N4O/c1-21(18(23)13-6-3-2-4-7-13)15-11-22(12-15)17-10-14-8-5-9-16(14)19-20-17/h2-3,10,13,15H,4-9,11-12H2,1H3. The minimum atomic E-state index is 0.179. The van der Waals surface area contributed by atoms with E-state index in [1.165, 1.54) is 17.7 Å². The lowest BCUT2D eigenvalue weighted by atomic mass is 9.92. The van der Waals surface area contributed by atoms with Gasteiger partial charge in [-0.1, -0.05) is 12.2 Å². The molecule has 1 unspecified atom stereocenters. The smallest absolute Gasteiger partial charge is 0.226 e. The molecule has 1 aromatic rings. The molecule has 23 heavy (non-hydrogen) atoms. The van der Waals surface area contributed by atoms with E-state index < -0.39 is 0 Å². The fraction of sp³-hybridized carbons (Fsp3) is 0.611. The van der Waals surface area contributed by atoms with Gasteiger partial charge in [0.15, 0.2) is 5.82 Å². The van der Waals surface area contributed by atoms with Crippen LogP contribution in [0.4, 0.5) is 5.82 Å². The molecule has 0 radical (unpaired) electrons.